The average Bonchev–Trinajstić information content (AvgIpc) is 3.15. The van der Waals surface area contributed by atoms with Crippen molar-refractivity contribution in [3.63, 3.8) is 0 Å². The molecule has 0 spiro atoms. The lowest BCUT2D eigenvalue weighted by atomic mass is 10.0. The second kappa shape index (κ2) is 11.2. The van der Waals surface area contributed by atoms with Crippen LogP contribution in [0.1, 0.15) is 34.9 Å². The molecule has 36 heavy (non-hydrogen) atoms. The number of hydrogen-bond donors (Lipinski definition) is 5. The topological polar surface area (TPSA) is 135 Å². The first kappa shape index (κ1) is 26.5. The number of anilines is 2. The van der Waals surface area contributed by atoms with Crippen LogP contribution in [0, 0.1) is 0 Å². The quantitative estimate of drug-likeness (QED) is 0.275. The molecule has 0 bridgehead atoms. The molecular formula is C24H29ClN4O5S2. The number of aliphatic hydroxyl groups is 1. The largest absolute Gasteiger partial charge is 0.494 e. The Morgan fingerprint density at radius 1 is 1.19 bits per heavy atom. The van der Waals surface area contributed by atoms with Gasteiger partial charge in [-0.3, -0.25) is 14.5 Å². The van der Waals surface area contributed by atoms with Crippen molar-refractivity contribution in [1.29, 1.82) is 0 Å². The zero-order valence-corrected chi connectivity index (χ0v) is 22.1. The minimum atomic E-state index is -3.48. The van der Waals surface area contributed by atoms with Gasteiger partial charge in [0.15, 0.2) is 0 Å². The third-order valence-electron chi connectivity index (χ3n) is 6.13. The van der Waals surface area contributed by atoms with E-state index in [1.807, 2.05) is 12.1 Å². The fourth-order valence-corrected chi connectivity index (χ4v) is 5.80. The number of aliphatic hydroxyl groups excluding tert-OH is 1. The van der Waals surface area contributed by atoms with Crippen molar-refractivity contribution in [2.75, 3.05) is 35.5 Å². The molecule has 9 nitrogen and oxygen atoms in total. The van der Waals surface area contributed by atoms with Gasteiger partial charge in [-0.25, -0.2) is 8.42 Å². The van der Waals surface area contributed by atoms with E-state index < -0.39 is 16.1 Å². The lowest BCUT2D eigenvalue weighted by Gasteiger charge is -2.34. The highest BCUT2D eigenvalue weighted by molar-refractivity contribution is 7.92. The summed E-state index contributed by atoms with van der Waals surface area (Å²) < 4.78 is 25.4. The first-order chi connectivity index (χ1) is 17.1. The van der Waals surface area contributed by atoms with E-state index in [4.69, 9.17) is 11.6 Å². The van der Waals surface area contributed by atoms with Crippen LogP contribution < -0.4 is 19.8 Å². The number of benzene rings is 2. The molecule has 4 rings (SSSR count). The van der Waals surface area contributed by atoms with E-state index in [9.17, 15) is 23.4 Å². The zero-order chi connectivity index (χ0) is 25.9. The third-order valence-corrected chi connectivity index (χ3v) is 7.92. The first-order valence-electron chi connectivity index (χ1n) is 11.5. The van der Waals surface area contributed by atoms with E-state index in [1.165, 1.54) is 0 Å². The number of aromatic amines is 1. The summed E-state index contributed by atoms with van der Waals surface area (Å²) in [5.74, 6) is -0.0594. The summed E-state index contributed by atoms with van der Waals surface area (Å²) in [5.41, 5.74) is 2.97. The van der Waals surface area contributed by atoms with Crippen molar-refractivity contribution >= 4 is 44.3 Å². The van der Waals surface area contributed by atoms with Gasteiger partial charge < -0.3 is 20.4 Å². The van der Waals surface area contributed by atoms with E-state index >= 15 is 0 Å². The van der Waals surface area contributed by atoms with Crippen LogP contribution >= 0.6 is 22.9 Å². The normalized spacial score (nSPS) is 15.7. The molecule has 1 saturated heterocycles. The number of sulfonamides is 1. The Morgan fingerprint density at radius 3 is 2.50 bits per heavy atom. The summed E-state index contributed by atoms with van der Waals surface area (Å²) in [6, 6.07) is 13.2. The number of nitrogens with one attached hydrogen (secondary N) is 3. The molecule has 1 aliphatic heterocycles. The highest BCUT2D eigenvalue weighted by Gasteiger charge is 2.21. The lowest BCUT2D eigenvalue weighted by molar-refractivity contribution is 0.167. The molecule has 0 aliphatic carbocycles. The summed E-state index contributed by atoms with van der Waals surface area (Å²) >= 11 is 7.09. The molecule has 1 atom stereocenters. The standard InChI is InChI=1S/C24H29ClN4O5S2/c1-36(33,34)28-20-13-16(4-7-19(20)25)21(30)14-26-17-8-10-29(11-9-17)18-5-2-15(3-6-18)12-22-23(31)27-24(32)35-22/h2-7,13,17,21,26,28,30-31H,8-12,14H2,1H3,(H,27,32)/t21-/m0/s1. The second-order valence-corrected chi connectivity index (χ2v) is 12.2. The Bertz CT molecular complexity index is 1350. The van der Waals surface area contributed by atoms with Gasteiger partial charge in [0.05, 0.1) is 27.9 Å². The lowest BCUT2D eigenvalue weighted by Crippen LogP contribution is -2.43. The maximum atomic E-state index is 11.5. The molecule has 1 fully saturated rings. The molecule has 0 saturated carbocycles. The summed E-state index contributed by atoms with van der Waals surface area (Å²) in [6.45, 7) is 2.09. The van der Waals surface area contributed by atoms with Crippen LogP contribution in [0.2, 0.25) is 5.02 Å². The highest BCUT2D eigenvalue weighted by Crippen LogP contribution is 2.27. The number of hydrogen-bond acceptors (Lipinski definition) is 8. The number of piperidine rings is 1. The Kier molecular flexibility index (Phi) is 8.26. The Morgan fingerprint density at radius 2 is 1.89 bits per heavy atom. The van der Waals surface area contributed by atoms with E-state index in [1.54, 1.807) is 18.2 Å². The molecule has 1 aliphatic rings. The molecule has 194 valence electrons. The molecule has 5 N–H and O–H groups in total. The van der Waals surface area contributed by atoms with Crippen LogP contribution in [0.3, 0.4) is 0 Å². The maximum Gasteiger partial charge on any atom is 0.307 e. The maximum absolute atomic E-state index is 11.5. The molecule has 0 radical (unpaired) electrons. The minimum Gasteiger partial charge on any atom is -0.494 e. The van der Waals surface area contributed by atoms with Crippen molar-refractivity contribution in [3.05, 3.63) is 73.2 Å². The molecular weight excluding hydrogens is 524 g/mol. The van der Waals surface area contributed by atoms with Crippen molar-refractivity contribution < 1.29 is 18.6 Å². The summed E-state index contributed by atoms with van der Waals surface area (Å²) in [4.78, 5) is 16.4. The predicted octanol–water partition coefficient (Wildman–Crippen LogP) is 3.05. The number of nitrogens with zero attached hydrogens (tertiary/aromatic N) is 1. The van der Waals surface area contributed by atoms with Gasteiger partial charge in [0.2, 0.25) is 15.9 Å². The number of thiazole rings is 1. The van der Waals surface area contributed by atoms with E-state index in [-0.39, 0.29) is 27.5 Å². The van der Waals surface area contributed by atoms with Gasteiger partial charge in [-0.2, -0.15) is 0 Å². The molecule has 0 amide bonds. The van der Waals surface area contributed by atoms with Gasteiger partial charge in [0.25, 0.3) is 0 Å². The average molecular weight is 553 g/mol. The smallest absolute Gasteiger partial charge is 0.307 e. The fraction of sp³-hybridized carbons (Fsp3) is 0.375. The van der Waals surface area contributed by atoms with E-state index in [0.717, 1.165) is 54.8 Å². The third kappa shape index (κ3) is 7.01. The van der Waals surface area contributed by atoms with Crippen LogP contribution in [0.5, 0.6) is 5.88 Å². The molecule has 12 heteroatoms. The summed E-state index contributed by atoms with van der Waals surface area (Å²) in [6.07, 6.45) is 2.59. The first-order valence-corrected chi connectivity index (χ1v) is 14.6. The Balaban J connectivity index is 1.26. The van der Waals surface area contributed by atoms with E-state index in [2.05, 4.69) is 32.1 Å². The molecule has 1 aromatic heterocycles. The Labute approximate surface area is 218 Å². The van der Waals surface area contributed by atoms with Crippen molar-refractivity contribution in [2.24, 2.45) is 0 Å². The van der Waals surface area contributed by atoms with Gasteiger partial charge in [-0.1, -0.05) is 41.1 Å². The SMILES string of the molecule is CS(=O)(=O)Nc1cc([C@@H](O)CNC2CCN(c3ccc(Cc4sc(=O)[nH]c4O)cc3)CC2)ccc1Cl. The minimum absolute atomic E-state index is 0.0594. The molecule has 0 unspecified atom stereocenters. The summed E-state index contributed by atoms with van der Waals surface area (Å²) in [7, 11) is -3.48. The number of aromatic hydroxyl groups is 1. The molecule has 2 heterocycles. The number of halogens is 1. The summed E-state index contributed by atoms with van der Waals surface area (Å²) in [5, 5.41) is 24.1. The van der Waals surface area contributed by atoms with Crippen molar-refractivity contribution in [2.45, 2.75) is 31.4 Å². The zero-order valence-electron chi connectivity index (χ0n) is 19.7. The number of aromatic nitrogens is 1. The van der Waals surface area contributed by atoms with Gasteiger partial charge >= 0.3 is 4.87 Å². The van der Waals surface area contributed by atoms with Crippen LogP contribution in [-0.4, -0.2) is 55.5 Å². The molecule has 2 aromatic carbocycles. The fourth-order valence-electron chi connectivity index (χ4n) is 4.25. The highest BCUT2D eigenvalue weighted by atomic mass is 35.5. The number of H-pyrrole nitrogens is 1. The Hall–Kier alpha value is -2.57. The van der Waals surface area contributed by atoms with Crippen molar-refractivity contribution in [1.82, 2.24) is 10.3 Å². The number of rotatable bonds is 9. The van der Waals surface area contributed by atoms with Gasteiger partial charge in [0, 0.05) is 37.8 Å². The second-order valence-electron chi connectivity index (χ2n) is 8.93. The molecule has 3 aromatic rings. The van der Waals surface area contributed by atoms with Gasteiger partial charge in [-0.15, -0.1) is 0 Å². The van der Waals surface area contributed by atoms with Crippen LogP contribution in [0.15, 0.2) is 47.3 Å². The van der Waals surface area contributed by atoms with Crippen LogP contribution in [-0.2, 0) is 16.4 Å². The predicted molar refractivity (Wildman–Crippen MR) is 144 cm³/mol. The monoisotopic (exact) mass is 552 g/mol. The van der Waals surface area contributed by atoms with Gasteiger partial charge in [0.1, 0.15) is 0 Å². The van der Waals surface area contributed by atoms with Crippen molar-refractivity contribution in [3.8, 4) is 5.88 Å². The van der Waals surface area contributed by atoms with E-state index in [0.29, 0.717) is 23.4 Å². The van der Waals surface area contributed by atoms with Crippen LogP contribution in [0.25, 0.3) is 0 Å². The van der Waals surface area contributed by atoms with Gasteiger partial charge in [-0.05, 0) is 48.2 Å². The van der Waals surface area contributed by atoms with Crippen LogP contribution in [0.4, 0.5) is 11.4 Å².